The Labute approximate surface area is 146 Å². The van der Waals surface area contributed by atoms with Gasteiger partial charge in [-0.25, -0.2) is 14.2 Å². The van der Waals surface area contributed by atoms with E-state index in [0.29, 0.717) is 32.2 Å². The zero-order valence-electron chi connectivity index (χ0n) is 14.3. The van der Waals surface area contributed by atoms with Crippen LogP contribution in [0.4, 0.5) is 9.18 Å². The largest absolute Gasteiger partial charge is 0.476 e. The van der Waals surface area contributed by atoms with Crippen molar-refractivity contribution in [3.63, 3.8) is 0 Å². The minimum atomic E-state index is -0.439. The number of amides is 2. The van der Waals surface area contributed by atoms with Crippen molar-refractivity contribution in [2.24, 2.45) is 5.92 Å². The van der Waals surface area contributed by atoms with Crippen LogP contribution in [0.5, 0.6) is 5.88 Å². The van der Waals surface area contributed by atoms with Gasteiger partial charge in [0.05, 0.1) is 19.7 Å². The molecule has 6 nitrogen and oxygen atoms in total. The molecule has 0 aromatic carbocycles. The molecule has 1 spiro atoms. The van der Waals surface area contributed by atoms with Crippen LogP contribution in [0.25, 0.3) is 0 Å². The van der Waals surface area contributed by atoms with E-state index in [0.717, 1.165) is 38.8 Å². The number of hydrogen-bond donors (Lipinski definition) is 0. The number of halogens is 1. The summed E-state index contributed by atoms with van der Waals surface area (Å²) >= 11 is 0. The Bertz CT molecular complexity index is 630. The average molecular weight is 349 g/mol. The van der Waals surface area contributed by atoms with Gasteiger partial charge in [-0.3, -0.25) is 0 Å². The molecule has 3 aliphatic rings. The highest BCUT2D eigenvalue weighted by atomic mass is 19.1. The molecule has 3 fully saturated rings. The molecule has 25 heavy (non-hydrogen) atoms. The molecule has 0 unspecified atom stereocenters. The number of aromatic nitrogens is 1. The maximum atomic E-state index is 13.5. The molecule has 4 heterocycles. The first-order chi connectivity index (χ1) is 12.2. The first kappa shape index (κ1) is 16.6. The van der Waals surface area contributed by atoms with E-state index in [9.17, 15) is 9.18 Å². The van der Waals surface area contributed by atoms with Gasteiger partial charge in [-0.1, -0.05) is 0 Å². The molecule has 0 N–H and O–H groups in total. The third kappa shape index (κ3) is 3.17. The number of carbonyl (C=O) groups excluding carboxylic acids is 1. The number of likely N-dealkylation sites (tertiary alicyclic amines) is 2. The smallest absolute Gasteiger partial charge is 0.320 e. The van der Waals surface area contributed by atoms with E-state index in [1.807, 2.05) is 9.80 Å². The summed E-state index contributed by atoms with van der Waals surface area (Å²) in [6.07, 6.45) is 5.46. The Morgan fingerprint density at radius 1 is 1.36 bits per heavy atom. The number of rotatable bonds is 4. The quantitative estimate of drug-likeness (QED) is 0.837. The van der Waals surface area contributed by atoms with Gasteiger partial charge in [0.1, 0.15) is 5.60 Å². The SMILES string of the molecule is O=C(N1CCCC1)N1CC2(C1)OCC[C@H]2CCOc1ncccc1F. The molecule has 1 aromatic heterocycles. The second-order valence-corrected chi connectivity index (χ2v) is 7.16. The second kappa shape index (κ2) is 6.78. The standard InChI is InChI=1S/C18H24FN3O3/c19-15-4-3-7-20-16(15)24-10-5-14-6-11-25-18(14)12-22(13-18)17(23)21-8-1-2-9-21/h3-4,7,14H,1-2,5-6,8-13H2/t14-/m1/s1. The lowest BCUT2D eigenvalue weighted by Gasteiger charge is -2.51. The number of pyridine rings is 1. The first-order valence-corrected chi connectivity index (χ1v) is 9.09. The van der Waals surface area contributed by atoms with Crippen molar-refractivity contribution in [1.29, 1.82) is 0 Å². The molecule has 0 aliphatic carbocycles. The summed E-state index contributed by atoms with van der Waals surface area (Å²) in [7, 11) is 0. The fourth-order valence-electron chi connectivity index (χ4n) is 4.16. The molecule has 0 radical (unpaired) electrons. The molecule has 7 heteroatoms. The third-order valence-corrected chi connectivity index (χ3v) is 5.59. The lowest BCUT2D eigenvalue weighted by molar-refractivity contribution is -0.119. The van der Waals surface area contributed by atoms with E-state index < -0.39 is 5.82 Å². The first-order valence-electron chi connectivity index (χ1n) is 9.09. The maximum absolute atomic E-state index is 13.5. The molecular formula is C18H24FN3O3. The van der Waals surface area contributed by atoms with Gasteiger partial charge in [0.15, 0.2) is 5.82 Å². The lowest BCUT2D eigenvalue weighted by atomic mass is 9.79. The minimum absolute atomic E-state index is 0.0508. The molecular weight excluding hydrogens is 325 g/mol. The fraction of sp³-hybridized carbons (Fsp3) is 0.667. The number of ether oxygens (including phenoxy) is 2. The van der Waals surface area contributed by atoms with Crippen molar-refractivity contribution in [3.8, 4) is 5.88 Å². The van der Waals surface area contributed by atoms with E-state index >= 15 is 0 Å². The summed E-state index contributed by atoms with van der Waals surface area (Å²) in [6, 6.07) is 3.03. The number of carbonyl (C=O) groups is 1. The zero-order chi connectivity index (χ0) is 17.3. The third-order valence-electron chi connectivity index (χ3n) is 5.59. The van der Waals surface area contributed by atoms with Crippen LogP contribution in [0.2, 0.25) is 0 Å². The lowest BCUT2D eigenvalue weighted by Crippen LogP contribution is -2.67. The summed E-state index contributed by atoms with van der Waals surface area (Å²) in [5.74, 6) is -0.0530. The molecule has 2 amide bonds. The Morgan fingerprint density at radius 3 is 2.92 bits per heavy atom. The Morgan fingerprint density at radius 2 is 2.16 bits per heavy atom. The van der Waals surface area contributed by atoms with E-state index in [-0.39, 0.29) is 17.5 Å². The molecule has 3 aliphatic heterocycles. The van der Waals surface area contributed by atoms with Crippen LogP contribution in [0, 0.1) is 11.7 Å². The Hall–Kier alpha value is -1.89. The second-order valence-electron chi connectivity index (χ2n) is 7.16. The molecule has 3 saturated heterocycles. The highest BCUT2D eigenvalue weighted by molar-refractivity contribution is 5.76. The van der Waals surface area contributed by atoms with Gasteiger partial charge >= 0.3 is 6.03 Å². The predicted molar refractivity (Wildman–Crippen MR) is 88.9 cm³/mol. The van der Waals surface area contributed by atoms with E-state index in [1.165, 1.54) is 12.3 Å². The maximum Gasteiger partial charge on any atom is 0.320 e. The van der Waals surface area contributed by atoms with E-state index in [1.54, 1.807) is 6.07 Å². The van der Waals surface area contributed by atoms with E-state index in [4.69, 9.17) is 9.47 Å². The van der Waals surface area contributed by atoms with Gasteiger partial charge < -0.3 is 19.3 Å². The van der Waals surface area contributed by atoms with Crippen LogP contribution >= 0.6 is 0 Å². The summed E-state index contributed by atoms with van der Waals surface area (Å²) < 4.78 is 25.0. The average Bonchev–Trinajstić information content (AvgIpc) is 3.24. The van der Waals surface area contributed by atoms with Gasteiger partial charge in [0.25, 0.3) is 0 Å². The molecule has 0 bridgehead atoms. The summed E-state index contributed by atoms with van der Waals surface area (Å²) in [6.45, 7) is 4.18. The normalized spacial score (nSPS) is 24.6. The molecule has 1 atom stereocenters. The number of urea groups is 1. The van der Waals surface area contributed by atoms with Crippen molar-refractivity contribution in [2.75, 3.05) is 39.4 Å². The van der Waals surface area contributed by atoms with E-state index in [2.05, 4.69) is 4.98 Å². The molecule has 1 aromatic rings. The Kier molecular flexibility index (Phi) is 4.50. The van der Waals surface area contributed by atoms with Crippen molar-refractivity contribution < 1.29 is 18.7 Å². The van der Waals surface area contributed by atoms with Crippen molar-refractivity contribution >= 4 is 6.03 Å². The van der Waals surface area contributed by atoms with Crippen LogP contribution in [-0.2, 0) is 4.74 Å². The minimum Gasteiger partial charge on any atom is -0.476 e. The predicted octanol–water partition coefficient (Wildman–Crippen LogP) is 2.30. The monoisotopic (exact) mass is 349 g/mol. The molecule has 0 saturated carbocycles. The topological polar surface area (TPSA) is 54.9 Å². The summed E-state index contributed by atoms with van der Waals surface area (Å²) in [5, 5.41) is 0. The van der Waals surface area contributed by atoms with Crippen molar-refractivity contribution in [1.82, 2.24) is 14.8 Å². The van der Waals surface area contributed by atoms with Gasteiger partial charge in [-0.05, 0) is 43.7 Å². The number of nitrogens with zero attached hydrogens (tertiary/aromatic N) is 3. The van der Waals surface area contributed by atoms with Crippen LogP contribution in [0.15, 0.2) is 18.3 Å². The molecule has 4 rings (SSSR count). The molecule has 136 valence electrons. The Balaban J connectivity index is 1.28. The fourth-order valence-corrected chi connectivity index (χ4v) is 4.16. The van der Waals surface area contributed by atoms with Crippen LogP contribution in [0.3, 0.4) is 0 Å². The number of hydrogen-bond acceptors (Lipinski definition) is 4. The highest BCUT2D eigenvalue weighted by Gasteiger charge is 2.54. The zero-order valence-corrected chi connectivity index (χ0v) is 14.3. The van der Waals surface area contributed by atoms with Crippen molar-refractivity contribution in [2.45, 2.75) is 31.3 Å². The van der Waals surface area contributed by atoms with Crippen LogP contribution < -0.4 is 4.74 Å². The summed E-state index contributed by atoms with van der Waals surface area (Å²) in [4.78, 5) is 20.2. The van der Waals surface area contributed by atoms with Gasteiger partial charge in [0.2, 0.25) is 5.88 Å². The van der Waals surface area contributed by atoms with Crippen LogP contribution in [0.1, 0.15) is 25.7 Å². The summed E-state index contributed by atoms with van der Waals surface area (Å²) in [5.41, 5.74) is -0.235. The van der Waals surface area contributed by atoms with Crippen molar-refractivity contribution in [3.05, 3.63) is 24.1 Å². The van der Waals surface area contributed by atoms with Crippen LogP contribution in [-0.4, -0.2) is 65.8 Å². The van der Waals surface area contributed by atoms with Gasteiger partial charge in [-0.2, -0.15) is 0 Å². The van der Waals surface area contributed by atoms with Gasteiger partial charge in [-0.15, -0.1) is 0 Å². The van der Waals surface area contributed by atoms with Gasteiger partial charge in [0, 0.05) is 25.9 Å². The highest BCUT2D eigenvalue weighted by Crippen LogP contribution is 2.42.